The zero-order chi connectivity index (χ0) is 7.07. The van der Waals surface area contributed by atoms with Crippen molar-refractivity contribution in [3.8, 4) is 0 Å². The number of ether oxygens (including phenoxy) is 1. The number of rotatable bonds is 1. The van der Waals surface area contributed by atoms with Gasteiger partial charge in [0.25, 0.3) is 0 Å². The second-order valence-electron chi connectivity index (χ2n) is 3.33. The average molecular weight is 130 g/mol. The molecule has 0 amide bonds. The van der Waals surface area contributed by atoms with Crippen LogP contribution in [0.15, 0.2) is 0 Å². The monoisotopic (exact) mass is 130 g/mol. The van der Waals surface area contributed by atoms with Gasteiger partial charge in [-0.3, -0.25) is 0 Å². The highest BCUT2D eigenvalue weighted by atomic mass is 16.6. The minimum absolute atomic E-state index is 0.0532. The highest BCUT2D eigenvalue weighted by Gasteiger charge is 2.44. The molecule has 0 radical (unpaired) electrons. The van der Waals surface area contributed by atoms with Gasteiger partial charge < -0.3 is 9.84 Å². The van der Waals surface area contributed by atoms with E-state index in [1.807, 2.05) is 6.92 Å². The van der Waals surface area contributed by atoms with E-state index in [1.54, 1.807) is 0 Å². The molecule has 1 rings (SSSR count). The van der Waals surface area contributed by atoms with Crippen molar-refractivity contribution in [2.75, 3.05) is 6.61 Å². The summed E-state index contributed by atoms with van der Waals surface area (Å²) in [7, 11) is 0. The van der Waals surface area contributed by atoms with E-state index in [0.29, 0.717) is 12.5 Å². The Bertz CT molecular complexity index is 107. The van der Waals surface area contributed by atoms with Gasteiger partial charge in [0.05, 0.1) is 12.7 Å². The quantitative estimate of drug-likeness (QED) is 0.568. The molecule has 1 saturated heterocycles. The van der Waals surface area contributed by atoms with Crippen molar-refractivity contribution in [2.45, 2.75) is 32.5 Å². The SMILES string of the molecule is CC(C)C1OCC1(C)O. The number of hydrogen-bond donors (Lipinski definition) is 1. The number of hydrogen-bond acceptors (Lipinski definition) is 2. The van der Waals surface area contributed by atoms with E-state index in [4.69, 9.17) is 4.74 Å². The summed E-state index contributed by atoms with van der Waals surface area (Å²) < 4.78 is 5.16. The van der Waals surface area contributed by atoms with Crippen LogP contribution in [0.25, 0.3) is 0 Å². The first-order chi connectivity index (χ1) is 4.04. The third-order valence-corrected chi connectivity index (χ3v) is 1.77. The molecule has 2 atom stereocenters. The Morgan fingerprint density at radius 1 is 1.67 bits per heavy atom. The largest absolute Gasteiger partial charge is 0.385 e. The fourth-order valence-electron chi connectivity index (χ4n) is 1.33. The van der Waals surface area contributed by atoms with Crippen molar-refractivity contribution in [3.05, 3.63) is 0 Å². The van der Waals surface area contributed by atoms with Crippen LogP contribution in [-0.2, 0) is 4.74 Å². The van der Waals surface area contributed by atoms with Crippen molar-refractivity contribution in [3.63, 3.8) is 0 Å². The van der Waals surface area contributed by atoms with Crippen LogP contribution < -0.4 is 0 Å². The maximum atomic E-state index is 9.42. The van der Waals surface area contributed by atoms with Gasteiger partial charge in [0.2, 0.25) is 0 Å². The van der Waals surface area contributed by atoms with E-state index in [-0.39, 0.29) is 6.10 Å². The van der Waals surface area contributed by atoms with Crippen LogP contribution in [0, 0.1) is 5.92 Å². The summed E-state index contributed by atoms with van der Waals surface area (Å²) >= 11 is 0. The summed E-state index contributed by atoms with van der Waals surface area (Å²) in [5, 5.41) is 9.42. The molecule has 0 aromatic rings. The second kappa shape index (κ2) is 1.96. The smallest absolute Gasteiger partial charge is 0.111 e. The molecule has 0 aromatic carbocycles. The highest BCUT2D eigenvalue weighted by molar-refractivity contribution is 4.92. The maximum Gasteiger partial charge on any atom is 0.111 e. The Morgan fingerprint density at radius 2 is 2.22 bits per heavy atom. The minimum atomic E-state index is -0.561. The minimum Gasteiger partial charge on any atom is -0.385 e. The molecule has 1 aliphatic heterocycles. The molecule has 9 heavy (non-hydrogen) atoms. The van der Waals surface area contributed by atoms with Crippen molar-refractivity contribution in [1.29, 1.82) is 0 Å². The Balaban J connectivity index is 2.45. The Hall–Kier alpha value is -0.0800. The van der Waals surface area contributed by atoms with Gasteiger partial charge in [-0.2, -0.15) is 0 Å². The van der Waals surface area contributed by atoms with Crippen LogP contribution in [0.1, 0.15) is 20.8 Å². The summed E-state index contributed by atoms with van der Waals surface area (Å²) in [4.78, 5) is 0. The lowest BCUT2D eigenvalue weighted by atomic mass is 9.86. The van der Waals surface area contributed by atoms with E-state index in [9.17, 15) is 5.11 Å². The van der Waals surface area contributed by atoms with Crippen molar-refractivity contribution >= 4 is 0 Å². The first-order valence-electron chi connectivity index (χ1n) is 3.38. The van der Waals surface area contributed by atoms with E-state index < -0.39 is 5.60 Å². The third-order valence-electron chi connectivity index (χ3n) is 1.77. The molecule has 0 bridgehead atoms. The molecule has 1 N–H and O–H groups in total. The molecule has 0 aromatic heterocycles. The molecule has 0 saturated carbocycles. The Labute approximate surface area is 55.8 Å². The third kappa shape index (κ3) is 1.10. The van der Waals surface area contributed by atoms with E-state index in [1.165, 1.54) is 0 Å². The van der Waals surface area contributed by atoms with Gasteiger partial charge in [-0.05, 0) is 12.8 Å². The zero-order valence-electron chi connectivity index (χ0n) is 6.22. The van der Waals surface area contributed by atoms with E-state index in [0.717, 1.165) is 0 Å². The molecule has 2 heteroatoms. The van der Waals surface area contributed by atoms with Crippen molar-refractivity contribution < 1.29 is 9.84 Å². The highest BCUT2D eigenvalue weighted by Crippen LogP contribution is 2.30. The van der Waals surface area contributed by atoms with Gasteiger partial charge in [0.1, 0.15) is 5.60 Å². The molecule has 1 fully saturated rings. The van der Waals surface area contributed by atoms with Gasteiger partial charge in [-0.25, -0.2) is 0 Å². The van der Waals surface area contributed by atoms with Crippen LogP contribution in [0.2, 0.25) is 0 Å². The molecular weight excluding hydrogens is 116 g/mol. The van der Waals surface area contributed by atoms with Crippen molar-refractivity contribution in [2.24, 2.45) is 5.92 Å². The predicted molar refractivity (Wildman–Crippen MR) is 35.2 cm³/mol. The summed E-state index contributed by atoms with van der Waals surface area (Å²) in [6.07, 6.45) is 0.0532. The van der Waals surface area contributed by atoms with E-state index in [2.05, 4.69) is 13.8 Å². The average Bonchev–Trinajstić information content (AvgIpc) is 1.62. The van der Waals surface area contributed by atoms with Crippen LogP contribution in [0.5, 0.6) is 0 Å². The predicted octanol–water partition coefficient (Wildman–Crippen LogP) is 0.792. The van der Waals surface area contributed by atoms with Crippen LogP contribution >= 0.6 is 0 Å². The molecule has 1 aliphatic rings. The summed E-state index contributed by atoms with van der Waals surface area (Å²) in [6, 6.07) is 0. The summed E-state index contributed by atoms with van der Waals surface area (Å²) in [5.74, 6) is 0.425. The normalized spacial score (nSPS) is 43.0. The van der Waals surface area contributed by atoms with Crippen LogP contribution in [-0.4, -0.2) is 23.4 Å². The molecule has 2 unspecified atom stereocenters. The maximum absolute atomic E-state index is 9.42. The van der Waals surface area contributed by atoms with Crippen LogP contribution in [0.3, 0.4) is 0 Å². The van der Waals surface area contributed by atoms with Crippen molar-refractivity contribution in [1.82, 2.24) is 0 Å². The van der Waals surface area contributed by atoms with Gasteiger partial charge in [-0.15, -0.1) is 0 Å². The zero-order valence-corrected chi connectivity index (χ0v) is 6.22. The lowest BCUT2D eigenvalue weighted by Gasteiger charge is -2.44. The molecule has 1 heterocycles. The standard InChI is InChI=1S/C7H14O2/c1-5(2)6-7(3,8)4-9-6/h5-6,8H,4H2,1-3H3. The van der Waals surface area contributed by atoms with Gasteiger partial charge in [0, 0.05) is 0 Å². The van der Waals surface area contributed by atoms with Crippen LogP contribution in [0.4, 0.5) is 0 Å². The first kappa shape index (κ1) is 7.03. The Kier molecular flexibility index (Phi) is 1.53. The molecular formula is C7H14O2. The fraction of sp³-hybridized carbons (Fsp3) is 1.00. The molecule has 2 nitrogen and oxygen atoms in total. The molecule has 0 aliphatic carbocycles. The lowest BCUT2D eigenvalue weighted by molar-refractivity contribution is -0.242. The summed E-state index contributed by atoms with van der Waals surface area (Å²) in [5.41, 5.74) is -0.561. The molecule has 0 spiro atoms. The topological polar surface area (TPSA) is 29.5 Å². The lowest BCUT2D eigenvalue weighted by Crippen LogP contribution is -2.58. The second-order valence-corrected chi connectivity index (χ2v) is 3.33. The first-order valence-corrected chi connectivity index (χ1v) is 3.38. The number of aliphatic hydroxyl groups is 1. The Morgan fingerprint density at radius 3 is 2.22 bits per heavy atom. The summed E-state index contributed by atoms with van der Waals surface area (Å²) in [6.45, 7) is 6.42. The fourth-order valence-corrected chi connectivity index (χ4v) is 1.33. The van der Waals surface area contributed by atoms with Gasteiger partial charge in [0.15, 0.2) is 0 Å². The van der Waals surface area contributed by atoms with Gasteiger partial charge in [-0.1, -0.05) is 13.8 Å². The molecule has 54 valence electrons. The van der Waals surface area contributed by atoms with Gasteiger partial charge >= 0.3 is 0 Å². The van der Waals surface area contributed by atoms with E-state index >= 15 is 0 Å².